The molecule has 2 aromatic rings. The number of urea groups is 1. The summed E-state index contributed by atoms with van der Waals surface area (Å²) in [5.41, 5.74) is 3.74. The topological polar surface area (TPSA) is 289 Å². The minimum absolute atomic E-state index is 0.110. The van der Waals surface area contributed by atoms with E-state index in [2.05, 4.69) is 25.9 Å². The Labute approximate surface area is 369 Å². The van der Waals surface area contributed by atoms with Gasteiger partial charge in [-0.05, 0) is 107 Å². The number of carbonyl (C=O) groups excluding carboxylic acids is 5. The predicted octanol–water partition coefficient (Wildman–Crippen LogP) is 2.88. The lowest BCUT2D eigenvalue weighted by molar-refractivity contribution is -0.159. The summed E-state index contributed by atoms with van der Waals surface area (Å²) in [6, 6.07) is -3.99. The lowest BCUT2D eigenvalue weighted by atomic mass is 10.1. The first kappa shape index (κ1) is 53.6. The van der Waals surface area contributed by atoms with Gasteiger partial charge in [0.15, 0.2) is 0 Å². The molecule has 0 saturated carbocycles. The van der Waals surface area contributed by atoms with Gasteiger partial charge in [0.1, 0.15) is 53.6 Å². The number of nitrogens with one attached hydrogen (secondary N) is 3. The van der Waals surface area contributed by atoms with Crippen molar-refractivity contribution in [2.75, 3.05) is 13.1 Å². The number of carboxylic acid groups (broad SMARTS) is 2. The van der Waals surface area contributed by atoms with Gasteiger partial charge in [-0.1, -0.05) is 6.42 Å². The monoisotopic (exact) mass is 892 g/mol. The molecule has 0 bridgehead atoms. The molecule has 3 atom stereocenters. The van der Waals surface area contributed by atoms with Crippen LogP contribution in [0.2, 0.25) is 0 Å². The summed E-state index contributed by atoms with van der Waals surface area (Å²) in [6.45, 7) is 15.9. The van der Waals surface area contributed by atoms with E-state index in [1.165, 1.54) is 21.5 Å². The van der Waals surface area contributed by atoms with E-state index < -0.39 is 70.8 Å². The second-order valence-corrected chi connectivity index (χ2v) is 18.2. The molecule has 63 heavy (non-hydrogen) atoms. The van der Waals surface area contributed by atoms with Crippen molar-refractivity contribution in [3.63, 3.8) is 0 Å². The summed E-state index contributed by atoms with van der Waals surface area (Å²) >= 11 is 0. The van der Waals surface area contributed by atoms with Crippen LogP contribution in [0.25, 0.3) is 0 Å². The SMILES string of the molecule is CC(C)(C)OC(=O)CC[C@H](NC(=O)N[C@@H](CCCCNC(=O)[C@@H](N)CCCCN(Cc1nccn1CC(=O)O)Cc1nccn1CC(=O)O)C(=O)OC(C)(C)C)C(=O)OC(C)(C)C. The second kappa shape index (κ2) is 24.9. The van der Waals surface area contributed by atoms with E-state index in [0.717, 1.165) is 0 Å². The van der Waals surface area contributed by atoms with Gasteiger partial charge in [0.25, 0.3) is 0 Å². The molecule has 21 nitrogen and oxygen atoms in total. The average Bonchev–Trinajstić information content (AvgIpc) is 3.76. The number of unbranched alkanes of at least 4 members (excludes halogenated alkanes) is 2. The van der Waals surface area contributed by atoms with Crippen molar-refractivity contribution in [3.8, 4) is 0 Å². The Morgan fingerprint density at radius 2 is 1.14 bits per heavy atom. The zero-order valence-corrected chi connectivity index (χ0v) is 38.2. The summed E-state index contributed by atoms with van der Waals surface area (Å²) in [7, 11) is 0. The van der Waals surface area contributed by atoms with Gasteiger partial charge >= 0.3 is 35.9 Å². The molecule has 2 heterocycles. The van der Waals surface area contributed by atoms with Gasteiger partial charge in [-0.15, -0.1) is 0 Å². The number of carbonyl (C=O) groups is 7. The van der Waals surface area contributed by atoms with Crippen LogP contribution in [-0.2, 0) is 69.2 Å². The highest BCUT2D eigenvalue weighted by atomic mass is 16.6. The second-order valence-electron chi connectivity index (χ2n) is 18.2. The van der Waals surface area contributed by atoms with E-state index in [0.29, 0.717) is 50.3 Å². The number of hydrogen-bond donors (Lipinski definition) is 6. The number of ether oxygens (including phenoxy) is 3. The molecule has 2 aromatic heterocycles. The van der Waals surface area contributed by atoms with Crippen LogP contribution in [0, 0.1) is 0 Å². The van der Waals surface area contributed by atoms with Crippen LogP contribution in [0.4, 0.5) is 4.79 Å². The number of nitrogens with zero attached hydrogens (tertiary/aromatic N) is 5. The first-order chi connectivity index (χ1) is 29.2. The van der Waals surface area contributed by atoms with Crippen LogP contribution in [0.15, 0.2) is 24.8 Å². The number of rotatable bonds is 26. The van der Waals surface area contributed by atoms with Crippen molar-refractivity contribution in [2.45, 2.75) is 175 Å². The van der Waals surface area contributed by atoms with Crippen molar-refractivity contribution in [1.82, 2.24) is 40.0 Å². The Bertz CT molecular complexity index is 1770. The maximum absolute atomic E-state index is 13.2. The standard InChI is InChI=1S/C42H69N9O12/c1-40(2,3)61-35(56)17-16-30(38(59)63-42(7,8)9)48-39(60)47-29(37(58)62-41(4,5)6)15-10-12-18-46-36(57)28(43)14-11-13-21-49(24-31-44-19-22-50(31)26-33(52)53)25-32-45-20-23-51(32)27-34(54)55/h19-20,22-23,28-30H,10-18,21,24-27,43H2,1-9H3,(H,46,57)(H,52,53)(H,54,55)(H2,47,48,60)/t28-,29-,30-/m0/s1. The van der Waals surface area contributed by atoms with E-state index >= 15 is 0 Å². The summed E-state index contributed by atoms with van der Waals surface area (Å²) in [6.07, 6.45) is 8.38. The summed E-state index contributed by atoms with van der Waals surface area (Å²) < 4.78 is 19.4. The van der Waals surface area contributed by atoms with Crippen LogP contribution in [0.5, 0.6) is 0 Å². The Hall–Kier alpha value is -5.57. The van der Waals surface area contributed by atoms with Crippen molar-refractivity contribution in [1.29, 1.82) is 0 Å². The first-order valence-electron chi connectivity index (χ1n) is 21.1. The van der Waals surface area contributed by atoms with E-state index in [-0.39, 0.29) is 57.9 Å². The third-order valence-corrected chi connectivity index (χ3v) is 8.79. The Morgan fingerprint density at radius 1 is 0.683 bits per heavy atom. The highest BCUT2D eigenvalue weighted by Gasteiger charge is 2.31. The summed E-state index contributed by atoms with van der Waals surface area (Å²) in [5, 5.41) is 26.6. The molecular weight excluding hydrogens is 823 g/mol. The summed E-state index contributed by atoms with van der Waals surface area (Å²) in [5.74, 6) is -3.39. The molecule has 0 aliphatic rings. The molecule has 3 amide bonds. The van der Waals surface area contributed by atoms with Gasteiger partial charge in [-0.2, -0.15) is 0 Å². The van der Waals surface area contributed by atoms with Gasteiger partial charge in [-0.3, -0.25) is 24.1 Å². The van der Waals surface area contributed by atoms with Crippen LogP contribution < -0.4 is 21.7 Å². The molecule has 0 aliphatic carbocycles. The number of aliphatic carboxylic acids is 2. The molecule has 0 aliphatic heterocycles. The number of amides is 3. The Morgan fingerprint density at radius 3 is 1.60 bits per heavy atom. The first-order valence-corrected chi connectivity index (χ1v) is 21.1. The third-order valence-electron chi connectivity index (χ3n) is 8.79. The van der Waals surface area contributed by atoms with Crippen LogP contribution >= 0.6 is 0 Å². The Kier molecular flexibility index (Phi) is 21.2. The fourth-order valence-electron chi connectivity index (χ4n) is 6.08. The highest BCUT2D eigenvalue weighted by molar-refractivity contribution is 5.87. The highest BCUT2D eigenvalue weighted by Crippen LogP contribution is 2.16. The van der Waals surface area contributed by atoms with E-state index in [4.69, 9.17) is 19.9 Å². The number of esters is 3. The molecular formula is C42H69N9O12. The lowest BCUT2D eigenvalue weighted by Crippen LogP contribution is -2.53. The third kappa shape index (κ3) is 22.9. The van der Waals surface area contributed by atoms with Gasteiger partial charge < -0.3 is 55.2 Å². The fraction of sp³-hybridized carbons (Fsp3) is 0.690. The maximum atomic E-state index is 13.2. The van der Waals surface area contributed by atoms with Gasteiger partial charge in [0.05, 0.1) is 19.1 Å². The smallest absolute Gasteiger partial charge is 0.329 e. The van der Waals surface area contributed by atoms with Crippen molar-refractivity contribution in [3.05, 3.63) is 36.4 Å². The van der Waals surface area contributed by atoms with E-state index in [9.17, 15) is 43.8 Å². The minimum atomic E-state index is -1.23. The number of carboxylic acids is 2. The normalized spacial score (nSPS) is 13.4. The number of aromatic nitrogens is 4. The van der Waals surface area contributed by atoms with E-state index in [1.807, 2.05) is 4.90 Å². The molecule has 354 valence electrons. The molecule has 0 unspecified atom stereocenters. The van der Waals surface area contributed by atoms with Gasteiger partial charge in [0, 0.05) is 37.8 Å². The number of imidazole rings is 2. The summed E-state index contributed by atoms with van der Waals surface area (Å²) in [4.78, 5) is 98.1. The van der Waals surface area contributed by atoms with Crippen LogP contribution in [-0.4, -0.2) is 124 Å². The van der Waals surface area contributed by atoms with Gasteiger partial charge in [0.2, 0.25) is 5.91 Å². The molecule has 2 rings (SSSR count). The molecule has 0 radical (unpaired) electrons. The van der Waals surface area contributed by atoms with Crippen molar-refractivity contribution >= 4 is 41.8 Å². The molecule has 0 aromatic carbocycles. The average molecular weight is 892 g/mol. The lowest BCUT2D eigenvalue weighted by Gasteiger charge is -2.27. The van der Waals surface area contributed by atoms with Crippen LogP contribution in [0.3, 0.4) is 0 Å². The van der Waals surface area contributed by atoms with Crippen molar-refractivity contribution < 1.29 is 58.0 Å². The largest absolute Gasteiger partial charge is 0.480 e. The quantitative estimate of drug-likeness (QED) is 0.0450. The molecule has 21 heteroatoms. The number of nitrogens with two attached hydrogens (primary N) is 1. The number of hydrogen-bond acceptors (Lipinski definition) is 14. The maximum Gasteiger partial charge on any atom is 0.329 e. The zero-order chi connectivity index (χ0) is 47.5. The Balaban J connectivity index is 1.95. The molecule has 0 saturated heterocycles. The molecule has 7 N–H and O–H groups in total. The van der Waals surface area contributed by atoms with Crippen molar-refractivity contribution in [2.24, 2.45) is 5.73 Å². The van der Waals surface area contributed by atoms with E-state index in [1.54, 1.807) is 74.7 Å². The fourth-order valence-corrected chi connectivity index (χ4v) is 6.08. The van der Waals surface area contributed by atoms with Gasteiger partial charge in [-0.25, -0.2) is 24.4 Å². The molecule has 0 spiro atoms. The molecule has 0 fully saturated rings. The zero-order valence-electron chi connectivity index (χ0n) is 38.2. The predicted molar refractivity (Wildman–Crippen MR) is 229 cm³/mol. The minimum Gasteiger partial charge on any atom is -0.480 e. The van der Waals surface area contributed by atoms with Crippen LogP contribution in [0.1, 0.15) is 125 Å².